The van der Waals surface area contributed by atoms with Gasteiger partial charge in [0.2, 0.25) is 0 Å². The largest absolute Gasteiger partial charge is 0.489 e. The van der Waals surface area contributed by atoms with Crippen molar-refractivity contribution >= 4 is 40.7 Å². The SMILES string of the molecule is CSc1ccc(C(=O)Cc2c(Cl)cncc2Cl)cc1OC1CCOCC1. The van der Waals surface area contributed by atoms with Gasteiger partial charge in [-0.1, -0.05) is 29.3 Å². The van der Waals surface area contributed by atoms with Gasteiger partial charge in [-0.05, 0) is 18.4 Å². The van der Waals surface area contributed by atoms with Crippen LogP contribution in [0.1, 0.15) is 28.8 Å². The molecule has 1 saturated heterocycles. The molecule has 1 aliphatic heterocycles. The Labute approximate surface area is 167 Å². The Morgan fingerprint density at radius 1 is 1.27 bits per heavy atom. The predicted molar refractivity (Wildman–Crippen MR) is 105 cm³/mol. The van der Waals surface area contributed by atoms with Crippen LogP contribution in [-0.4, -0.2) is 36.3 Å². The van der Waals surface area contributed by atoms with Gasteiger partial charge in [-0.15, -0.1) is 11.8 Å². The van der Waals surface area contributed by atoms with Crippen molar-refractivity contribution in [3.05, 3.63) is 51.8 Å². The normalized spacial score (nSPS) is 15.0. The molecule has 0 bridgehead atoms. The summed E-state index contributed by atoms with van der Waals surface area (Å²) in [6.45, 7) is 1.41. The molecule has 0 aliphatic carbocycles. The molecule has 0 atom stereocenters. The number of hydrogen-bond donors (Lipinski definition) is 0. The summed E-state index contributed by atoms with van der Waals surface area (Å²) in [5, 5.41) is 0.788. The molecule has 0 amide bonds. The monoisotopic (exact) mass is 411 g/mol. The molecule has 0 radical (unpaired) electrons. The second-order valence-electron chi connectivity index (χ2n) is 5.98. The molecule has 1 aromatic heterocycles. The van der Waals surface area contributed by atoms with Crippen molar-refractivity contribution in [2.24, 2.45) is 0 Å². The molecule has 138 valence electrons. The number of rotatable bonds is 6. The lowest BCUT2D eigenvalue weighted by Crippen LogP contribution is -2.26. The van der Waals surface area contributed by atoms with Gasteiger partial charge in [0.05, 0.1) is 23.3 Å². The Hall–Kier alpha value is -1.27. The summed E-state index contributed by atoms with van der Waals surface area (Å²) in [7, 11) is 0. The average Bonchev–Trinajstić information content (AvgIpc) is 2.65. The van der Waals surface area contributed by atoms with E-state index in [1.165, 1.54) is 12.4 Å². The molecule has 3 rings (SSSR count). The highest BCUT2D eigenvalue weighted by molar-refractivity contribution is 7.98. The number of thioether (sulfide) groups is 1. The van der Waals surface area contributed by atoms with Crippen LogP contribution >= 0.6 is 35.0 Å². The van der Waals surface area contributed by atoms with E-state index in [9.17, 15) is 4.79 Å². The summed E-state index contributed by atoms with van der Waals surface area (Å²) in [6.07, 6.45) is 6.92. The maximum atomic E-state index is 12.7. The first-order valence-corrected chi connectivity index (χ1v) is 10.3. The van der Waals surface area contributed by atoms with Crippen LogP contribution in [0, 0.1) is 0 Å². The van der Waals surface area contributed by atoms with E-state index in [1.807, 2.05) is 24.5 Å². The standard InChI is InChI=1S/C19H19Cl2NO3S/c1-26-19-3-2-12(8-18(19)25-13-4-6-24-7-5-13)17(23)9-14-15(20)10-22-11-16(14)21/h2-3,8,10-11,13H,4-7,9H2,1H3. The summed E-state index contributed by atoms with van der Waals surface area (Å²) >= 11 is 13.9. The third-order valence-corrected chi connectivity index (χ3v) is 5.67. The number of pyridine rings is 1. The lowest BCUT2D eigenvalue weighted by atomic mass is 10.0. The number of Topliss-reactive ketones (excluding diaryl/α,β-unsaturated/α-hetero) is 1. The number of ether oxygens (including phenoxy) is 2. The van der Waals surface area contributed by atoms with Crippen LogP contribution in [0.4, 0.5) is 0 Å². The Bertz CT molecular complexity index is 774. The molecule has 7 heteroatoms. The van der Waals surface area contributed by atoms with Crippen LogP contribution < -0.4 is 4.74 Å². The Morgan fingerprint density at radius 2 is 1.96 bits per heavy atom. The average molecular weight is 412 g/mol. The number of carbonyl (C=O) groups is 1. The Morgan fingerprint density at radius 3 is 2.62 bits per heavy atom. The van der Waals surface area contributed by atoms with E-state index in [1.54, 1.807) is 11.8 Å². The maximum Gasteiger partial charge on any atom is 0.167 e. The molecule has 4 nitrogen and oxygen atoms in total. The van der Waals surface area contributed by atoms with Gasteiger partial charge in [-0.25, -0.2) is 0 Å². The van der Waals surface area contributed by atoms with Crippen LogP contribution in [0.2, 0.25) is 10.0 Å². The summed E-state index contributed by atoms with van der Waals surface area (Å²) in [5.74, 6) is 0.673. The highest BCUT2D eigenvalue weighted by atomic mass is 35.5. The Balaban J connectivity index is 1.80. The van der Waals surface area contributed by atoms with Crippen LogP contribution in [0.25, 0.3) is 0 Å². The predicted octanol–water partition coefficient (Wildman–Crippen LogP) is 5.09. The van der Waals surface area contributed by atoms with Gasteiger partial charge < -0.3 is 9.47 Å². The molecule has 0 spiro atoms. The molecule has 0 saturated carbocycles. The zero-order valence-electron chi connectivity index (χ0n) is 14.3. The summed E-state index contributed by atoms with van der Waals surface area (Å²) in [5.41, 5.74) is 1.17. The van der Waals surface area contributed by atoms with Crippen molar-refractivity contribution in [1.29, 1.82) is 0 Å². The van der Waals surface area contributed by atoms with E-state index in [4.69, 9.17) is 32.7 Å². The number of nitrogens with zero attached hydrogens (tertiary/aromatic N) is 1. The minimum absolute atomic E-state index is 0.0653. The summed E-state index contributed by atoms with van der Waals surface area (Å²) in [6, 6.07) is 5.54. The molecule has 1 fully saturated rings. The first kappa shape index (κ1) is 19.5. The first-order valence-electron chi connectivity index (χ1n) is 8.32. The van der Waals surface area contributed by atoms with E-state index in [0.29, 0.717) is 34.4 Å². The van der Waals surface area contributed by atoms with Gasteiger partial charge >= 0.3 is 0 Å². The fraction of sp³-hybridized carbons (Fsp3) is 0.368. The fourth-order valence-corrected chi connectivity index (χ4v) is 3.80. The topological polar surface area (TPSA) is 48.4 Å². The molecule has 1 aliphatic rings. The van der Waals surface area contributed by atoms with Crippen molar-refractivity contribution in [3.8, 4) is 5.75 Å². The van der Waals surface area contributed by atoms with Gasteiger partial charge in [0.15, 0.2) is 5.78 Å². The zero-order chi connectivity index (χ0) is 18.5. The summed E-state index contributed by atoms with van der Waals surface area (Å²) < 4.78 is 11.5. The molecule has 2 aromatic rings. The van der Waals surface area contributed by atoms with E-state index in [0.717, 1.165) is 23.5 Å². The zero-order valence-corrected chi connectivity index (χ0v) is 16.7. The van der Waals surface area contributed by atoms with Crippen molar-refractivity contribution in [2.75, 3.05) is 19.5 Å². The number of ketones is 1. The van der Waals surface area contributed by atoms with Gasteiger partial charge in [-0.3, -0.25) is 9.78 Å². The van der Waals surface area contributed by atoms with Crippen molar-refractivity contribution in [2.45, 2.75) is 30.3 Å². The van der Waals surface area contributed by atoms with E-state index in [-0.39, 0.29) is 18.3 Å². The highest BCUT2D eigenvalue weighted by Crippen LogP contribution is 2.32. The van der Waals surface area contributed by atoms with Crippen LogP contribution in [0.15, 0.2) is 35.5 Å². The number of aromatic nitrogens is 1. The number of benzene rings is 1. The lowest BCUT2D eigenvalue weighted by Gasteiger charge is -2.24. The summed E-state index contributed by atoms with van der Waals surface area (Å²) in [4.78, 5) is 17.7. The van der Waals surface area contributed by atoms with Crippen molar-refractivity contribution in [3.63, 3.8) is 0 Å². The molecule has 2 heterocycles. The smallest absolute Gasteiger partial charge is 0.167 e. The lowest BCUT2D eigenvalue weighted by molar-refractivity contribution is 0.0244. The third-order valence-electron chi connectivity index (χ3n) is 4.24. The Kier molecular flexibility index (Phi) is 6.81. The molecule has 0 N–H and O–H groups in total. The number of hydrogen-bond acceptors (Lipinski definition) is 5. The second kappa shape index (κ2) is 9.09. The van der Waals surface area contributed by atoms with Crippen molar-refractivity contribution in [1.82, 2.24) is 4.98 Å². The molecular formula is C19H19Cl2NO3S. The number of halogens is 2. The molecule has 26 heavy (non-hydrogen) atoms. The molecular weight excluding hydrogens is 393 g/mol. The minimum Gasteiger partial charge on any atom is -0.489 e. The minimum atomic E-state index is -0.0653. The van der Waals surface area contributed by atoms with Crippen LogP contribution in [0.3, 0.4) is 0 Å². The second-order valence-corrected chi connectivity index (χ2v) is 7.64. The number of carbonyl (C=O) groups excluding carboxylic acids is 1. The van der Waals surface area contributed by atoms with Gasteiger partial charge in [-0.2, -0.15) is 0 Å². The maximum absolute atomic E-state index is 12.7. The fourth-order valence-electron chi connectivity index (χ4n) is 2.79. The van der Waals surface area contributed by atoms with Gasteiger partial charge in [0.25, 0.3) is 0 Å². The quantitative estimate of drug-likeness (QED) is 0.489. The van der Waals surface area contributed by atoms with E-state index >= 15 is 0 Å². The van der Waals surface area contributed by atoms with E-state index < -0.39 is 0 Å². The van der Waals surface area contributed by atoms with Crippen LogP contribution in [0.5, 0.6) is 5.75 Å². The van der Waals surface area contributed by atoms with Gasteiger partial charge in [0.1, 0.15) is 11.9 Å². The molecule has 1 aromatic carbocycles. The third kappa shape index (κ3) is 4.71. The molecule has 0 unspecified atom stereocenters. The van der Waals surface area contributed by atoms with Crippen LogP contribution in [-0.2, 0) is 11.2 Å². The highest BCUT2D eigenvalue weighted by Gasteiger charge is 2.19. The van der Waals surface area contributed by atoms with E-state index in [2.05, 4.69) is 4.98 Å². The first-order chi connectivity index (χ1) is 12.6. The van der Waals surface area contributed by atoms with Crippen molar-refractivity contribution < 1.29 is 14.3 Å². The van der Waals surface area contributed by atoms with Gasteiger partial charge in [0, 0.05) is 47.7 Å².